The summed E-state index contributed by atoms with van der Waals surface area (Å²) in [5.41, 5.74) is 2.30. The van der Waals surface area contributed by atoms with E-state index in [1.54, 1.807) is 19.2 Å². The van der Waals surface area contributed by atoms with Crippen LogP contribution >= 0.6 is 11.3 Å². The van der Waals surface area contributed by atoms with Crippen LogP contribution in [0.5, 0.6) is 5.75 Å². The number of para-hydroxylation sites is 1. The Morgan fingerprint density at radius 1 is 1.24 bits per heavy atom. The lowest BCUT2D eigenvalue weighted by atomic mass is 10.2. The molecule has 1 amide bonds. The zero-order valence-corrected chi connectivity index (χ0v) is 14.5. The van der Waals surface area contributed by atoms with Crippen molar-refractivity contribution < 1.29 is 13.9 Å². The van der Waals surface area contributed by atoms with E-state index in [1.807, 2.05) is 29.6 Å². The summed E-state index contributed by atoms with van der Waals surface area (Å²) in [4.78, 5) is 16.6. The number of thiazole rings is 1. The van der Waals surface area contributed by atoms with E-state index in [0.29, 0.717) is 22.8 Å². The number of hydrogen-bond acceptors (Lipinski definition) is 4. The molecule has 1 aromatic heterocycles. The quantitative estimate of drug-likeness (QED) is 0.731. The van der Waals surface area contributed by atoms with Gasteiger partial charge < -0.3 is 10.1 Å². The summed E-state index contributed by atoms with van der Waals surface area (Å²) >= 11 is 1.40. The summed E-state index contributed by atoms with van der Waals surface area (Å²) in [5.74, 6) is 0.315. The number of hydrogen-bond donors (Lipinski definition) is 1. The largest absolute Gasteiger partial charge is 0.496 e. The lowest BCUT2D eigenvalue weighted by molar-refractivity contribution is -0.120. The predicted octanol–water partition coefficient (Wildman–Crippen LogP) is 3.82. The molecule has 128 valence electrons. The highest BCUT2D eigenvalue weighted by Gasteiger charge is 2.10. The Hall–Kier alpha value is -2.73. The molecule has 0 aliphatic carbocycles. The average molecular weight is 356 g/mol. The SMILES string of the molecule is COc1ccccc1CNC(=O)Cc1csc(-c2cccc(F)c2)n1. The standard InChI is InChI=1S/C19H17FN2O2S/c1-24-17-8-3-2-5-14(17)11-21-18(23)10-16-12-25-19(22-16)13-6-4-7-15(20)9-13/h2-9,12H,10-11H2,1H3,(H,21,23). The molecule has 0 aliphatic rings. The van der Waals surface area contributed by atoms with Crippen LogP contribution in [0, 0.1) is 5.82 Å². The van der Waals surface area contributed by atoms with Crippen molar-refractivity contribution in [2.75, 3.05) is 7.11 Å². The number of methoxy groups -OCH3 is 1. The molecule has 1 N–H and O–H groups in total. The first-order valence-electron chi connectivity index (χ1n) is 7.74. The van der Waals surface area contributed by atoms with Crippen molar-refractivity contribution in [3.05, 3.63) is 71.0 Å². The highest BCUT2D eigenvalue weighted by atomic mass is 32.1. The highest BCUT2D eigenvalue weighted by Crippen LogP contribution is 2.24. The average Bonchev–Trinajstić information content (AvgIpc) is 3.08. The van der Waals surface area contributed by atoms with Crippen molar-refractivity contribution in [3.8, 4) is 16.3 Å². The van der Waals surface area contributed by atoms with Crippen LogP contribution in [0.2, 0.25) is 0 Å². The molecule has 6 heteroatoms. The normalized spacial score (nSPS) is 10.5. The van der Waals surface area contributed by atoms with E-state index >= 15 is 0 Å². The maximum Gasteiger partial charge on any atom is 0.226 e. The molecule has 3 rings (SSSR count). The van der Waals surface area contributed by atoms with E-state index < -0.39 is 0 Å². The molecule has 0 atom stereocenters. The lowest BCUT2D eigenvalue weighted by Gasteiger charge is -2.09. The highest BCUT2D eigenvalue weighted by molar-refractivity contribution is 7.13. The Balaban J connectivity index is 1.60. The minimum absolute atomic E-state index is 0.123. The van der Waals surface area contributed by atoms with Crippen LogP contribution in [0.4, 0.5) is 4.39 Å². The summed E-state index contributed by atoms with van der Waals surface area (Å²) in [6.45, 7) is 0.393. The van der Waals surface area contributed by atoms with Gasteiger partial charge in [0.05, 0.1) is 19.2 Å². The maximum atomic E-state index is 13.3. The van der Waals surface area contributed by atoms with Gasteiger partial charge in [0.2, 0.25) is 5.91 Å². The van der Waals surface area contributed by atoms with Crippen molar-refractivity contribution >= 4 is 17.2 Å². The van der Waals surface area contributed by atoms with Crippen LogP contribution < -0.4 is 10.1 Å². The van der Waals surface area contributed by atoms with Crippen LogP contribution in [-0.2, 0) is 17.8 Å². The maximum absolute atomic E-state index is 13.3. The number of rotatable bonds is 6. The number of benzene rings is 2. The van der Waals surface area contributed by atoms with Gasteiger partial charge in [0, 0.05) is 23.1 Å². The molecule has 0 bridgehead atoms. The number of nitrogens with one attached hydrogen (secondary N) is 1. The van der Waals surface area contributed by atoms with Crippen LogP contribution in [-0.4, -0.2) is 18.0 Å². The molecule has 25 heavy (non-hydrogen) atoms. The zero-order valence-electron chi connectivity index (χ0n) is 13.7. The van der Waals surface area contributed by atoms with Crippen molar-refractivity contribution in [3.63, 3.8) is 0 Å². The lowest BCUT2D eigenvalue weighted by Crippen LogP contribution is -2.24. The molecular weight excluding hydrogens is 339 g/mol. The van der Waals surface area contributed by atoms with Crippen LogP contribution in [0.15, 0.2) is 53.9 Å². The number of amides is 1. The minimum atomic E-state index is -0.302. The first-order chi connectivity index (χ1) is 12.2. The summed E-state index contributed by atoms with van der Waals surface area (Å²) < 4.78 is 18.6. The number of nitrogens with zero attached hydrogens (tertiary/aromatic N) is 1. The van der Waals surface area contributed by atoms with Gasteiger partial charge in [-0.1, -0.05) is 30.3 Å². The van der Waals surface area contributed by atoms with Gasteiger partial charge in [-0.15, -0.1) is 11.3 Å². The van der Waals surface area contributed by atoms with Crippen molar-refractivity contribution in [2.45, 2.75) is 13.0 Å². The molecule has 0 unspecified atom stereocenters. The second-order valence-electron chi connectivity index (χ2n) is 5.42. The fourth-order valence-electron chi connectivity index (χ4n) is 2.41. The summed E-state index contributed by atoms with van der Waals surface area (Å²) in [5, 5.41) is 5.39. The molecule has 4 nitrogen and oxygen atoms in total. The Morgan fingerprint density at radius 2 is 2.08 bits per heavy atom. The molecule has 0 spiro atoms. The number of ether oxygens (including phenoxy) is 1. The van der Waals surface area contributed by atoms with E-state index in [-0.39, 0.29) is 18.1 Å². The Labute approximate surface area is 149 Å². The van der Waals surface area contributed by atoms with E-state index in [4.69, 9.17) is 4.74 Å². The van der Waals surface area contributed by atoms with Crippen molar-refractivity contribution in [1.82, 2.24) is 10.3 Å². The van der Waals surface area contributed by atoms with Gasteiger partial charge in [-0.2, -0.15) is 0 Å². The van der Waals surface area contributed by atoms with Gasteiger partial charge in [0.1, 0.15) is 16.6 Å². The molecule has 0 aliphatic heterocycles. The van der Waals surface area contributed by atoms with Crippen LogP contribution in [0.1, 0.15) is 11.3 Å². The Bertz CT molecular complexity index is 879. The first kappa shape index (κ1) is 17.1. The number of carbonyl (C=O) groups is 1. The third-order valence-corrected chi connectivity index (χ3v) is 4.57. The van der Waals surface area contributed by atoms with Crippen LogP contribution in [0.25, 0.3) is 10.6 Å². The first-order valence-corrected chi connectivity index (χ1v) is 8.62. The van der Waals surface area contributed by atoms with Gasteiger partial charge in [0.15, 0.2) is 0 Å². The smallest absolute Gasteiger partial charge is 0.226 e. The zero-order chi connectivity index (χ0) is 17.6. The van der Waals surface area contributed by atoms with Gasteiger partial charge in [-0.3, -0.25) is 4.79 Å². The number of aromatic nitrogens is 1. The Kier molecular flexibility index (Phi) is 5.40. The van der Waals surface area contributed by atoms with Crippen LogP contribution in [0.3, 0.4) is 0 Å². The van der Waals surface area contributed by atoms with E-state index in [2.05, 4.69) is 10.3 Å². The number of carbonyl (C=O) groups excluding carboxylic acids is 1. The molecule has 0 saturated carbocycles. The molecule has 0 fully saturated rings. The molecule has 0 saturated heterocycles. The monoisotopic (exact) mass is 356 g/mol. The second kappa shape index (κ2) is 7.90. The summed E-state index contributed by atoms with van der Waals surface area (Å²) in [7, 11) is 1.60. The second-order valence-corrected chi connectivity index (χ2v) is 6.28. The molecule has 0 radical (unpaired) electrons. The third kappa shape index (κ3) is 4.42. The molecule has 3 aromatic rings. The van der Waals surface area contributed by atoms with Gasteiger partial charge >= 0.3 is 0 Å². The molecule has 1 heterocycles. The van der Waals surface area contributed by atoms with Crippen molar-refractivity contribution in [1.29, 1.82) is 0 Å². The topological polar surface area (TPSA) is 51.2 Å². The van der Waals surface area contributed by atoms with Gasteiger partial charge in [-0.25, -0.2) is 9.37 Å². The predicted molar refractivity (Wildman–Crippen MR) is 96.1 cm³/mol. The Morgan fingerprint density at radius 3 is 2.88 bits per heavy atom. The van der Waals surface area contributed by atoms with E-state index in [9.17, 15) is 9.18 Å². The van der Waals surface area contributed by atoms with E-state index in [0.717, 1.165) is 11.3 Å². The molecular formula is C19H17FN2O2S. The minimum Gasteiger partial charge on any atom is -0.496 e. The van der Waals surface area contributed by atoms with Gasteiger partial charge in [0.25, 0.3) is 0 Å². The summed E-state index contributed by atoms with van der Waals surface area (Å²) in [6.07, 6.45) is 0.182. The number of halogens is 1. The third-order valence-electron chi connectivity index (χ3n) is 3.63. The molecule has 2 aromatic carbocycles. The fourth-order valence-corrected chi connectivity index (χ4v) is 3.23. The van der Waals surface area contributed by atoms with Crippen molar-refractivity contribution in [2.24, 2.45) is 0 Å². The fraction of sp³-hybridized carbons (Fsp3) is 0.158. The van der Waals surface area contributed by atoms with Gasteiger partial charge in [-0.05, 0) is 18.2 Å². The van der Waals surface area contributed by atoms with E-state index in [1.165, 1.54) is 23.5 Å². The summed E-state index contributed by atoms with van der Waals surface area (Å²) in [6, 6.07) is 13.8.